The van der Waals surface area contributed by atoms with Crippen LogP contribution in [0.15, 0.2) is 45.3 Å². The summed E-state index contributed by atoms with van der Waals surface area (Å²) in [7, 11) is 0. The van der Waals surface area contributed by atoms with E-state index in [4.69, 9.17) is 65.0 Å². The number of fused-ring (bicyclic) bond motifs is 1. The van der Waals surface area contributed by atoms with Gasteiger partial charge in [-0.25, -0.2) is 0 Å². The predicted octanol–water partition coefficient (Wildman–Crippen LogP) is 7.31. The van der Waals surface area contributed by atoms with Crippen LogP contribution in [0.4, 0.5) is 13.2 Å². The van der Waals surface area contributed by atoms with E-state index in [2.05, 4.69) is 16.8 Å². The van der Waals surface area contributed by atoms with Crippen LogP contribution in [0, 0.1) is 11.8 Å². The number of rotatable bonds is 7. The maximum Gasteiger partial charge on any atom is 0.416 e. The third kappa shape index (κ3) is 7.27. The molecule has 0 saturated heterocycles. The molecule has 0 radical (unpaired) electrons. The molecule has 0 spiro atoms. The molecule has 174 valence electrons. The van der Waals surface area contributed by atoms with Crippen LogP contribution in [0.25, 0.3) is 11.1 Å². The summed E-state index contributed by atoms with van der Waals surface area (Å²) in [5, 5.41) is 0.419. The van der Waals surface area contributed by atoms with Gasteiger partial charge in [-0.3, -0.25) is 0 Å². The van der Waals surface area contributed by atoms with Crippen molar-refractivity contribution in [1.82, 2.24) is 4.98 Å². The Labute approximate surface area is 205 Å². The van der Waals surface area contributed by atoms with E-state index in [1.54, 1.807) is 0 Å². The van der Waals surface area contributed by atoms with Gasteiger partial charge in [0, 0.05) is 12.1 Å². The molecule has 0 saturated carbocycles. The highest BCUT2D eigenvalue weighted by molar-refractivity contribution is 6.55. The monoisotopic (exact) mass is 539 g/mol. The Morgan fingerprint density at radius 1 is 1.00 bits per heavy atom. The van der Waals surface area contributed by atoms with Crippen molar-refractivity contribution < 1.29 is 31.8 Å². The lowest BCUT2D eigenvalue weighted by molar-refractivity contribution is -0.137. The number of hydrogen-bond donors (Lipinski definition) is 0. The van der Waals surface area contributed by atoms with Crippen LogP contribution in [0.5, 0.6) is 17.6 Å². The van der Waals surface area contributed by atoms with Crippen LogP contribution in [-0.4, -0.2) is 24.8 Å². The second-order valence-electron chi connectivity index (χ2n) is 6.11. The molecule has 0 amide bonds. The zero-order chi connectivity index (χ0) is 24.0. The van der Waals surface area contributed by atoms with Gasteiger partial charge in [0.2, 0.25) is 0 Å². The summed E-state index contributed by atoms with van der Waals surface area (Å²) in [5.74, 6) is 5.94. The van der Waals surface area contributed by atoms with E-state index in [-0.39, 0.29) is 57.3 Å². The Morgan fingerprint density at radius 3 is 2.30 bits per heavy atom. The third-order valence-electron chi connectivity index (χ3n) is 3.84. The molecule has 0 fully saturated rings. The maximum atomic E-state index is 12.8. The number of alkyl halides is 3. The summed E-state index contributed by atoms with van der Waals surface area (Å²) in [6.07, 6.45) is -3.23. The SMILES string of the molecule is FC(F)(F)c1ccc2oc(OCC#CCOc3c(Cl)cc(OCC=C(Cl)Cl)cc3Cl)nc2c1. The molecule has 0 N–H and O–H groups in total. The molecule has 5 nitrogen and oxygen atoms in total. The molecule has 0 aliphatic heterocycles. The maximum absolute atomic E-state index is 12.8. The van der Waals surface area contributed by atoms with E-state index in [1.165, 1.54) is 24.3 Å². The minimum atomic E-state index is -4.48. The highest BCUT2D eigenvalue weighted by atomic mass is 35.5. The van der Waals surface area contributed by atoms with E-state index in [0.29, 0.717) is 5.75 Å². The molecule has 0 aliphatic rings. The van der Waals surface area contributed by atoms with Crippen LogP contribution >= 0.6 is 46.4 Å². The highest BCUT2D eigenvalue weighted by Crippen LogP contribution is 2.37. The summed E-state index contributed by atoms with van der Waals surface area (Å²) >= 11 is 23.3. The average molecular weight is 541 g/mol. The minimum Gasteiger partial charge on any atom is -0.489 e. The number of nitrogens with zero attached hydrogens (tertiary/aromatic N) is 1. The number of halogens is 7. The van der Waals surface area contributed by atoms with Gasteiger partial charge in [-0.1, -0.05) is 58.2 Å². The van der Waals surface area contributed by atoms with Gasteiger partial charge < -0.3 is 18.6 Å². The fraction of sp³-hybridized carbons (Fsp3) is 0.190. The van der Waals surface area contributed by atoms with E-state index in [0.717, 1.165) is 12.1 Å². The molecule has 3 aromatic rings. The van der Waals surface area contributed by atoms with Gasteiger partial charge in [0.25, 0.3) is 0 Å². The molecule has 2 aromatic carbocycles. The van der Waals surface area contributed by atoms with Crippen molar-refractivity contribution in [1.29, 1.82) is 0 Å². The lowest BCUT2D eigenvalue weighted by Gasteiger charge is -2.10. The smallest absolute Gasteiger partial charge is 0.416 e. The van der Waals surface area contributed by atoms with E-state index in [9.17, 15) is 13.2 Å². The van der Waals surface area contributed by atoms with Gasteiger partial charge in [-0.2, -0.15) is 18.2 Å². The van der Waals surface area contributed by atoms with Crippen LogP contribution in [0.1, 0.15) is 5.56 Å². The van der Waals surface area contributed by atoms with Crippen LogP contribution in [0.3, 0.4) is 0 Å². The molecular formula is C21H12Cl4F3NO4. The van der Waals surface area contributed by atoms with E-state index >= 15 is 0 Å². The number of ether oxygens (including phenoxy) is 3. The van der Waals surface area contributed by atoms with Gasteiger partial charge in [0.1, 0.15) is 29.0 Å². The van der Waals surface area contributed by atoms with Gasteiger partial charge in [0.15, 0.2) is 17.9 Å². The molecule has 12 heteroatoms. The summed E-state index contributed by atoms with van der Waals surface area (Å²) in [6, 6.07) is 5.96. The van der Waals surface area contributed by atoms with E-state index in [1.807, 2.05) is 0 Å². The molecule has 33 heavy (non-hydrogen) atoms. The largest absolute Gasteiger partial charge is 0.489 e. The quantitative estimate of drug-likeness (QED) is 0.294. The Hall–Kier alpha value is -2.44. The second kappa shape index (κ2) is 11.1. The summed E-state index contributed by atoms with van der Waals surface area (Å²) in [4.78, 5) is 3.86. The van der Waals surface area contributed by atoms with Crippen molar-refractivity contribution in [3.05, 3.63) is 56.5 Å². The van der Waals surface area contributed by atoms with Gasteiger partial charge >= 0.3 is 12.3 Å². The topological polar surface area (TPSA) is 53.7 Å². The van der Waals surface area contributed by atoms with E-state index < -0.39 is 11.7 Å². The van der Waals surface area contributed by atoms with Gasteiger partial charge in [-0.15, -0.1) is 0 Å². The Morgan fingerprint density at radius 2 is 1.67 bits per heavy atom. The van der Waals surface area contributed by atoms with Crippen molar-refractivity contribution in [3.63, 3.8) is 0 Å². The first kappa shape index (κ1) is 25.2. The standard InChI is InChI=1S/C21H12Cl4F3NO4/c22-14-10-13(30-8-5-18(24)25)11-15(23)19(14)31-6-1-2-7-32-20-29-16-9-12(21(26,27)28)3-4-17(16)33-20/h3-5,9-11H,6-8H2. The van der Waals surface area contributed by atoms with Crippen molar-refractivity contribution in [3.8, 4) is 29.4 Å². The van der Waals surface area contributed by atoms with Crippen LogP contribution < -0.4 is 14.2 Å². The summed E-state index contributed by atoms with van der Waals surface area (Å²) in [5.41, 5.74) is -0.650. The Balaban J connectivity index is 1.52. The Bertz CT molecular complexity index is 1200. The van der Waals surface area contributed by atoms with Crippen molar-refractivity contribution >= 4 is 57.5 Å². The number of benzene rings is 2. The lowest BCUT2D eigenvalue weighted by Crippen LogP contribution is -2.03. The molecule has 3 rings (SSSR count). The van der Waals surface area contributed by atoms with Gasteiger partial charge in [-0.05, 0) is 24.3 Å². The number of aromatic nitrogens is 1. The fourth-order valence-corrected chi connectivity index (χ4v) is 3.11. The molecule has 0 atom stereocenters. The fourth-order valence-electron chi connectivity index (χ4n) is 2.41. The van der Waals surface area contributed by atoms with Gasteiger partial charge in [0.05, 0.1) is 15.6 Å². The Kier molecular flexibility index (Phi) is 8.49. The highest BCUT2D eigenvalue weighted by Gasteiger charge is 2.31. The molecule has 0 bridgehead atoms. The lowest BCUT2D eigenvalue weighted by atomic mass is 10.2. The number of oxazole rings is 1. The van der Waals surface area contributed by atoms with Crippen molar-refractivity contribution in [2.45, 2.75) is 6.18 Å². The minimum absolute atomic E-state index is 0.0228. The first-order valence-corrected chi connectivity index (χ1v) is 10.5. The van der Waals surface area contributed by atoms with Crippen LogP contribution in [-0.2, 0) is 6.18 Å². The van der Waals surface area contributed by atoms with Crippen molar-refractivity contribution in [2.75, 3.05) is 19.8 Å². The van der Waals surface area contributed by atoms with Crippen molar-refractivity contribution in [2.24, 2.45) is 0 Å². The molecule has 1 aromatic heterocycles. The molecule has 0 unspecified atom stereocenters. The normalized spacial score (nSPS) is 11.0. The molecule has 0 aliphatic carbocycles. The molecule has 1 heterocycles. The summed E-state index contributed by atoms with van der Waals surface area (Å²) < 4.78 is 59.6. The summed E-state index contributed by atoms with van der Waals surface area (Å²) in [6.45, 7) is -0.0620. The second-order valence-corrected chi connectivity index (χ2v) is 7.93. The molecular weight excluding hydrogens is 529 g/mol. The zero-order valence-electron chi connectivity index (χ0n) is 16.3. The zero-order valence-corrected chi connectivity index (χ0v) is 19.3. The predicted molar refractivity (Wildman–Crippen MR) is 120 cm³/mol. The first-order valence-electron chi connectivity index (χ1n) is 8.95. The number of hydrogen-bond acceptors (Lipinski definition) is 5. The average Bonchev–Trinajstić information content (AvgIpc) is 3.13. The van der Waals surface area contributed by atoms with Crippen LogP contribution in [0.2, 0.25) is 10.0 Å². The first-order chi connectivity index (χ1) is 15.6. The third-order valence-corrected chi connectivity index (χ3v) is 4.71.